The molecule has 28 heavy (non-hydrogen) atoms. The van der Waals surface area contributed by atoms with Gasteiger partial charge < -0.3 is 5.32 Å². The molecule has 1 aromatic heterocycles. The number of carbonyl (C=O) groups is 1. The van der Waals surface area contributed by atoms with Crippen LogP contribution in [0.1, 0.15) is 15.9 Å². The molecule has 3 aromatic carbocycles. The number of hydrogen-bond donors (Lipinski definition) is 1. The number of amides is 1. The van der Waals surface area contributed by atoms with E-state index in [9.17, 15) is 13.6 Å². The maximum Gasteiger partial charge on any atom is 0.251 e. The van der Waals surface area contributed by atoms with E-state index in [1.165, 1.54) is 12.4 Å². The molecule has 0 radical (unpaired) electrons. The monoisotopic (exact) mass is 397 g/mol. The van der Waals surface area contributed by atoms with E-state index in [0.717, 1.165) is 17.7 Å². The lowest BCUT2D eigenvalue weighted by molar-refractivity contribution is 0.0951. The molecule has 140 valence electrons. The largest absolute Gasteiger partial charge is 0.348 e. The van der Waals surface area contributed by atoms with Crippen LogP contribution in [0.4, 0.5) is 8.78 Å². The molecule has 0 saturated carbocycles. The van der Waals surface area contributed by atoms with Gasteiger partial charge >= 0.3 is 0 Å². The van der Waals surface area contributed by atoms with E-state index < -0.39 is 11.6 Å². The first-order valence-electron chi connectivity index (χ1n) is 8.47. The minimum absolute atomic E-state index is 0.260. The summed E-state index contributed by atoms with van der Waals surface area (Å²) < 4.78 is 28.3. The number of rotatable bonds is 4. The van der Waals surface area contributed by atoms with Gasteiger partial charge in [0.05, 0.1) is 16.7 Å². The first-order valence-corrected chi connectivity index (χ1v) is 8.85. The third-order valence-corrected chi connectivity index (χ3v) is 4.76. The molecule has 4 nitrogen and oxygen atoms in total. The number of fused-ring (bicyclic) bond motifs is 1. The number of aromatic nitrogens is 2. The van der Waals surface area contributed by atoms with E-state index in [1.807, 2.05) is 18.2 Å². The Morgan fingerprint density at radius 2 is 1.86 bits per heavy atom. The van der Waals surface area contributed by atoms with Crippen LogP contribution in [0, 0.1) is 11.6 Å². The number of nitrogens with zero attached hydrogens (tertiary/aromatic N) is 2. The highest BCUT2D eigenvalue weighted by Gasteiger charge is 2.12. The fraction of sp³-hybridized carbons (Fsp3) is 0.0476. The summed E-state index contributed by atoms with van der Waals surface area (Å²) in [5, 5.41) is 3.41. The number of hydrogen-bond acceptors (Lipinski definition) is 2. The van der Waals surface area contributed by atoms with E-state index >= 15 is 0 Å². The van der Waals surface area contributed by atoms with Gasteiger partial charge in [-0.25, -0.2) is 13.8 Å². The molecule has 0 atom stereocenters. The van der Waals surface area contributed by atoms with Gasteiger partial charge in [-0.2, -0.15) is 0 Å². The van der Waals surface area contributed by atoms with Gasteiger partial charge in [-0.05, 0) is 42.0 Å². The summed E-state index contributed by atoms with van der Waals surface area (Å²) in [4.78, 5) is 16.7. The topological polar surface area (TPSA) is 46.9 Å². The lowest BCUT2D eigenvalue weighted by Gasteiger charge is -2.08. The maximum absolute atomic E-state index is 13.5. The van der Waals surface area contributed by atoms with Crippen molar-refractivity contribution in [2.45, 2.75) is 6.54 Å². The van der Waals surface area contributed by atoms with Crippen molar-refractivity contribution in [2.75, 3.05) is 0 Å². The van der Waals surface area contributed by atoms with Crippen LogP contribution in [-0.4, -0.2) is 15.5 Å². The average Bonchev–Trinajstić information content (AvgIpc) is 3.12. The second kappa shape index (κ2) is 7.40. The maximum atomic E-state index is 13.5. The van der Waals surface area contributed by atoms with E-state index in [-0.39, 0.29) is 5.91 Å². The summed E-state index contributed by atoms with van der Waals surface area (Å²) >= 11 is 6.10. The van der Waals surface area contributed by atoms with Crippen LogP contribution in [-0.2, 0) is 6.54 Å². The molecule has 0 unspecified atom stereocenters. The molecule has 1 heterocycles. The SMILES string of the molecule is O=C(NCc1ccccc1Cl)c1ccc2c(c1)ncn2-c1ccc(F)c(F)c1. The number of imidazole rings is 1. The highest BCUT2D eigenvalue weighted by atomic mass is 35.5. The first kappa shape index (κ1) is 18.1. The van der Waals surface area contributed by atoms with Crippen LogP contribution in [0.5, 0.6) is 0 Å². The molecular weight excluding hydrogens is 384 g/mol. The highest BCUT2D eigenvalue weighted by molar-refractivity contribution is 6.31. The third-order valence-electron chi connectivity index (χ3n) is 4.39. The van der Waals surface area contributed by atoms with E-state index in [0.29, 0.717) is 33.9 Å². The molecule has 4 aromatic rings. The van der Waals surface area contributed by atoms with Crippen LogP contribution in [0.25, 0.3) is 16.7 Å². The smallest absolute Gasteiger partial charge is 0.251 e. The molecule has 7 heteroatoms. The Bertz CT molecular complexity index is 1190. The molecule has 1 N–H and O–H groups in total. The van der Waals surface area contributed by atoms with Gasteiger partial charge in [-0.3, -0.25) is 9.36 Å². The Morgan fingerprint density at radius 1 is 1.04 bits per heavy atom. The zero-order valence-corrected chi connectivity index (χ0v) is 15.3. The second-order valence-corrected chi connectivity index (χ2v) is 6.60. The molecule has 0 aliphatic heterocycles. The van der Waals surface area contributed by atoms with E-state index in [1.54, 1.807) is 28.8 Å². The lowest BCUT2D eigenvalue weighted by Crippen LogP contribution is -2.22. The molecule has 4 rings (SSSR count). The Kier molecular flexibility index (Phi) is 4.79. The quantitative estimate of drug-likeness (QED) is 0.533. The second-order valence-electron chi connectivity index (χ2n) is 6.19. The van der Waals surface area contributed by atoms with Crippen LogP contribution in [0.2, 0.25) is 5.02 Å². The normalized spacial score (nSPS) is 11.0. The summed E-state index contributed by atoms with van der Waals surface area (Å²) in [6.45, 7) is 0.305. The predicted molar refractivity (Wildman–Crippen MR) is 104 cm³/mol. The predicted octanol–water partition coefficient (Wildman–Crippen LogP) is 4.89. The van der Waals surface area contributed by atoms with Crippen molar-refractivity contribution in [2.24, 2.45) is 0 Å². The summed E-state index contributed by atoms with van der Waals surface area (Å²) in [7, 11) is 0. The van der Waals surface area contributed by atoms with Crippen molar-refractivity contribution < 1.29 is 13.6 Å². The van der Waals surface area contributed by atoms with Gasteiger partial charge in [-0.15, -0.1) is 0 Å². The molecule has 0 fully saturated rings. The lowest BCUT2D eigenvalue weighted by atomic mass is 10.1. The Hall–Kier alpha value is -3.25. The van der Waals surface area contributed by atoms with E-state index in [2.05, 4.69) is 10.3 Å². The Morgan fingerprint density at radius 3 is 2.64 bits per heavy atom. The number of nitrogens with one attached hydrogen (secondary N) is 1. The van der Waals surface area contributed by atoms with Gasteiger partial charge in [0, 0.05) is 23.2 Å². The van der Waals surface area contributed by atoms with E-state index in [4.69, 9.17) is 11.6 Å². The van der Waals surface area contributed by atoms with Crippen molar-refractivity contribution in [3.8, 4) is 5.69 Å². The van der Waals surface area contributed by atoms with Crippen molar-refractivity contribution in [3.63, 3.8) is 0 Å². The number of benzene rings is 3. The fourth-order valence-electron chi connectivity index (χ4n) is 2.91. The van der Waals surface area contributed by atoms with Gasteiger partial charge in [0.2, 0.25) is 0 Å². The van der Waals surface area contributed by atoms with Crippen LogP contribution >= 0.6 is 11.6 Å². The van der Waals surface area contributed by atoms with Crippen molar-refractivity contribution >= 4 is 28.5 Å². The fourth-order valence-corrected chi connectivity index (χ4v) is 3.12. The van der Waals surface area contributed by atoms with Gasteiger partial charge in [0.25, 0.3) is 5.91 Å². The number of carbonyl (C=O) groups excluding carboxylic acids is 1. The van der Waals surface area contributed by atoms with Crippen molar-refractivity contribution in [1.29, 1.82) is 0 Å². The molecule has 0 saturated heterocycles. The summed E-state index contributed by atoms with van der Waals surface area (Å²) in [6.07, 6.45) is 1.50. The van der Waals surface area contributed by atoms with Gasteiger partial charge in [-0.1, -0.05) is 29.8 Å². The third kappa shape index (κ3) is 3.46. The van der Waals surface area contributed by atoms with Crippen molar-refractivity contribution in [1.82, 2.24) is 14.9 Å². The Labute approximate surface area is 164 Å². The standard InChI is InChI=1S/C21H14ClF2N3O/c22-16-4-2-1-3-14(16)11-25-21(28)13-5-8-20-19(9-13)26-12-27(20)15-6-7-17(23)18(24)10-15/h1-10,12H,11H2,(H,25,28). The van der Waals surface area contributed by atoms with Crippen LogP contribution in [0.3, 0.4) is 0 Å². The molecule has 0 aliphatic carbocycles. The zero-order valence-electron chi connectivity index (χ0n) is 14.5. The number of halogens is 3. The van der Waals surface area contributed by atoms with Crippen LogP contribution < -0.4 is 5.32 Å². The van der Waals surface area contributed by atoms with Crippen LogP contribution in [0.15, 0.2) is 67.0 Å². The molecule has 1 amide bonds. The highest BCUT2D eigenvalue weighted by Crippen LogP contribution is 2.21. The Balaban J connectivity index is 1.57. The molecule has 0 aliphatic rings. The summed E-state index contributed by atoms with van der Waals surface area (Å²) in [5.41, 5.74) is 2.94. The van der Waals surface area contributed by atoms with Gasteiger partial charge in [0.1, 0.15) is 6.33 Å². The average molecular weight is 398 g/mol. The molecule has 0 bridgehead atoms. The minimum Gasteiger partial charge on any atom is -0.348 e. The summed E-state index contributed by atoms with van der Waals surface area (Å²) in [5.74, 6) is -2.11. The first-order chi connectivity index (χ1) is 13.5. The minimum atomic E-state index is -0.935. The zero-order chi connectivity index (χ0) is 19.7. The molecule has 0 spiro atoms. The van der Waals surface area contributed by atoms with Crippen molar-refractivity contribution in [3.05, 3.63) is 94.8 Å². The van der Waals surface area contributed by atoms with Gasteiger partial charge in [0.15, 0.2) is 11.6 Å². The molecular formula is C21H14ClF2N3O. The summed E-state index contributed by atoms with van der Waals surface area (Å²) in [6, 6.07) is 15.9.